The van der Waals surface area contributed by atoms with Gasteiger partial charge in [0.25, 0.3) is 0 Å². The first-order chi connectivity index (χ1) is 9.56. The molecule has 1 saturated heterocycles. The molecule has 4 heteroatoms. The lowest BCUT2D eigenvalue weighted by Gasteiger charge is -2.32. The van der Waals surface area contributed by atoms with E-state index in [4.69, 9.17) is 11.6 Å². The van der Waals surface area contributed by atoms with Gasteiger partial charge in [-0.05, 0) is 43.0 Å². The number of hydrogen-bond donors (Lipinski definition) is 0. The Hall–Kier alpha value is -1.53. The summed E-state index contributed by atoms with van der Waals surface area (Å²) in [5.74, 6) is 0.388. The molecule has 0 amide bonds. The van der Waals surface area contributed by atoms with Crippen molar-refractivity contribution in [2.45, 2.75) is 38.8 Å². The van der Waals surface area contributed by atoms with E-state index in [9.17, 15) is 10.1 Å². The van der Waals surface area contributed by atoms with E-state index in [1.165, 1.54) is 0 Å². The molecular weight excluding hydrogens is 272 g/mol. The molecule has 0 saturated carbocycles. The lowest BCUT2D eigenvalue weighted by atomic mass is 9.93. The Balaban J connectivity index is 2.35. The number of aldehydes is 1. The maximum Gasteiger partial charge on any atom is 0.142 e. The molecule has 0 N–H and O–H groups in total. The van der Waals surface area contributed by atoms with Crippen LogP contribution in [0.2, 0.25) is 5.02 Å². The van der Waals surface area contributed by atoms with Crippen molar-refractivity contribution in [1.29, 1.82) is 5.26 Å². The number of rotatable bonds is 4. The summed E-state index contributed by atoms with van der Waals surface area (Å²) in [4.78, 5) is 13.5. The minimum atomic E-state index is -0.218. The largest absolute Gasteiger partial charge is 0.357 e. The third-order valence-electron chi connectivity index (χ3n) is 3.84. The van der Waals surface area contributed by atoms with E-state index in [1.54, 1.807) is 0 Å². The molecule has 3 atom stereocenters. The van der Waals surface area contributed by atoms with Gasteiger partial charge in [-0.2, -0.15) is 5.26 Å². The Morgan fingerprint density at radius 3 is 2.60 bits per heavy atom. The monoisotopic (exact) mass is 290 g/mol. The second-order valence-electron chi connectivity index (χ2n) is 5.76. The summed E-state index contributed by atoms with van der Waals surface area (Å²) in [6.07, 6.45) is 2.48. The maximum atomic E-state index is 11.4. The predicted molar refractivity (Wildman–Crippen MR) is 80.7 cm³/mol. The van der Waals surface area contributed by atoms with E-state index in [-0.39, 0.29) is 18.0 Å². The highest BCUT2D eigenvalue weighted by molar-refractivity contribution is 6.30. The van der Waals surface area contributed by atoms with Crippen LogP contribution in [0.5, 0.6) is 0 Å². The van der Waals surface area contributed by atoms with Crippen molar-refractivity contribution in [3.8, 4) is 6.07 Å². The second kappa shape index (κ2) is 6.28. The number of halogens is 1. The molecule has 1 aromatic carbocycles. The van der Waals surface area contributed by atoms with Crippen LogP contribution in [0, 0.1) is 23.2 Å². The number of nitriles is 1. The van der Waals surface area contributed by atoms with Crippen molar-refractivity contribution >= 4 is 23.6 Å². The summed E-state index contributed by atoms with van der Waals surface area (Å²) >= 11 is 5.92. The van der Waals surface area contributed by atoms with Crippen LogP contribution in [0.4, 0.5) is 5.69 Å². The molecular formula is C16H19ClN2O. The molecule has 1 aliphatic heterocycles. The lowest BCUT2D eigenvalue weighted by molar-refractivity contribution is -0.108. The third-order valence-corrected chi connectivity index (χ3v) is 4.09. The van der Waals surface area contributed by atoms with Crippen molar-refractivity contribution in [2.24, 2.45) is 11.8 Å². The number of nitrogens with zero attached hydrogens (tertiary/aromatic N) is 2. The maximum absolute atomic E-state index is 11.4. The molecule has 1 aliphatic rings. The first-order valence-corrected chi connectivity index (χ1v) is 7.33. The van der Waals surface area contributed by atoms with Crippen molar-refractivity contribution < 1.29 is 4.79 Å². The highest BCUT2D eigenvalue weighted by Crippen LogP contribution is 2.37. The molecule has 3 nitrogen and oxygen atoms in total. The number of benzene rings is 1. The van der Waals surface area contributed by atoms with Gasteiger partial charge in [0.2, 0.25) is 0 Å². The summed E-state index contributed by atoms with van der Waals surface area (Å²) in [5.41, 5.74) is 0.968. The summed E-state index contributed by atoms with van der Waals surface area (Å²) in [6, 6.07) is 9.74. The Morgan fingerprint density at radius 2 is 2.10 bits per heavy atom. The smallest absolute Gasteiger partial charge is 0.142 e. The van der Waals surface area contributed by atoms with Crippen molar-refractivity contribution in [3.05, 3.63) is 29.3 Å². The number of carbonyl (C=O) groups excluding carboxylic acids is 1. The van der Waals surface area contributed by atoms with E-state index in [2.05, 4.69) is 24.8 Å². The van der Waals surface area contributed by atoms with Gasteiger partial charge in [0.05, 0.1) is 18.0 Å². The van der Waals surface area contributed by atoms with E-state index in [1.807, 2.05) is 24.3 Å². The predicted octanol–water partition coefficient (Wildman–Crippen LogP) is 3.67. The molecule has 1 aromatic rings. The molecule has 1 heterocycles. The molecule has 20 heavy (non-hydrogen) atoms. The third kappa shape index (κ3) is 2.96. The van der Waals surface area contributed by atoms with E-state index >= 15 is 0 Å². The van der Waals surface area contributed by atoms with Crippen LogP contribution in [-0.2, 0) is 4.79 Å². The highest BCUT2D eigenvalue weighted by Gasteiger charge is 2.41. The fourth-order valence-electron chi connectivity index (χ4n) is 2.99. The summed E-state index contributed by atoms with van der Waals surface area (Å²) in [5, 5.41) is 10.0. The molecule has 0 radical (unpaired) electrons. The molecule has 3 unspecified atom stereocenters. The molecule has 0 spiro atoms. The van der Waals surface area contributed by atoms with Gasteiger partial charge in [-0.1, -0.05) is 25.4 Å². The Bertz CT molecular complexity index is 506. The topological polar surface area (TPSA) is 44.1 Å². The van der Waals surface area contributed by atoms with E-state index in [0.717, 1.165) is 18.4 Å². The van der Waals surface area contributed by atoms with Crippen LogP contribution in [0.15, 0.2) is 24.3 Å². The minimum absolute atomic E-state index is 0.0939. The van der Waals surface area contributed by atoms with Crippen LogP contribution in [-0.4, -0.2) is 18.4 Å². The molecule has 0 aliphatic carbocycles. The lowest BCUT2D eigenvalue weighted by Crippen LogP contribution is -2.39. The van der Waals surface area contributed by atoms with Crippen LogP contribution in [0.3, 0.4) is 0 Å². The number of hydrogen-bond acceptors (Lipinski definition) is 3. The average molecular weight is 291 g/mol. The van der Waals surface area contributed by atoms with Gasteiger partial charge < -0.3 is 9.69 Å². The Morgan fingerprint density at radius 1 is 1.45 bits per heavy atom. The SMILES string of the molecule is CC(C)CC1C(C#N)CC(C=O)N1c1ccc(Cl)cc1. The first-order valence-electron chi connectivity index (χ1n) is 6.95. The zero-order valence-corrected chi connectivity index (χ0v) is 12.5. The zero-order valence-electron chi connectivity index (χ0n) is 11.8. The first kappa shape index (κ1) is 14.9. The van der Waals surface area contributed by atoms with Gasteiger partial charge in [0.1, 0.15) is 6.29 Å². The van der Waals surface area contributed by atoms with E-state index in [0.29, 0.717) is 17.4 Å². The van der Waals surface area contributed by atoms with Crippen LogP contribution >= 0.6 is 11.6 Å². The average Bonchev–Trinajstić information content (AvgIpc) is 2.77. The Labute approximate surface area is 125 Å². The fourth-order valence-corrected chi connectivity index (χ4v) is 3.11. The molecule has 1 fully saturated rings. The van der Waals surface area contributed by atoms with Crippen molar-refractivity contribution in [1.82, 2.24) is 0 Å². The molecule has 106 valence electrons. The van der Waals surface area contributed by atoms with Gasteiger partial charge in [0.15, 0.2) is 0 Å². The number of anilines is 1. The molecule has 0 bridgehead atoms. The quantitative estimate of drug-likeness (QED) is 0.795. The summed E-state index contributed by atoms with van der Waals surface area (Å²) in [7, 11) is 0. The summed E-state index contributed by atoms with van der Waals surface area (Å²) in [6.45, 7) is 4.28. The minimum Gasteiger partial charge on any atom is -0.357 e. The summed E-state index contributed by atoms with van der Waals surface area (Å²) < 4.78 is 0. The molecule has 0 aromatic heterocycles. The van der Waals surface area contributed by atoms with Crippen LogP contribution < -0.4 is 4.90 Å². The number of carbonyl (C=O) groups is 1. The molecule has 2 rings (SSSR count). The van der Waals surface area contributed by atoms with Gasteiger partial charge in [0, 0.05) is 16.8 Å². The fraction of sp³-hybridized carbons (Fsp3) is 0.500. The Kier molecular flexibility index (Phi) is 4.67. The van der Waals surface area contributed by atoms with E-state index < -0.39 is 0 Å². The second-order valence-corrected chi connectivity index (χ2v) is 6.19. The normalized spacial score (nSPS) is 25.8. The van der Waals surface area contributed by atoms with Gasteiger partial charge in [-0.25, -0.2) is 0 Å². The van der Waals surface area contributed by atoms with Gasteiger partial charge in [-0.15, -0.1) is 0 Å². The standard InChI is InChI=1S/C16H19ClN2O/c1-11(2)7-16-12(9-18)8-15(10-20)19(16)14-5-3-13(17)4-6-14/h3-6,10-12,15-16H,7-8H2,1-2H3. The van der Waals surface area contributed by atoms with Gasteiger partial charge >= 0.3 is 0 Å². The van der Waals surface area contributed by atoms with Crippen molar-refractivity contribution in [2.75, 3.05) is 4.90 Å². The zero-order chi connectivity index (χ0) is 14.7. The van der Waals surface area contributed by atoms with Crippen LogP contribution in [0.25, 0.3) is 0 Å². The van der Waals surface area contributed by atoms with Gasteiger partial charge in [-0.3, -0.25) is 0 Å². The van der Waals surface area contributed by atoms with Crippen LogP contribution in [0.1, 0.15) is 26.7 Å². The highest BCUT2D eigenvalue weighted by atomic mass is 35.5. The van der Waals surface area contributed by atoms with Crippen molar-refractivity contribution in [3.63, 3.8) is 0 Å².